The van der Waals surface area contributed by atoms with Crippen LogP contribution in [0.15, 0.2) is 60.2 Å². The van der Waals surface area contributed by atoms with Crippen molar-refractivity contribution in [3.05, 3.63) is 76.5 Å². The zero-order valence-electron chi connectivity index (χ0n) is 21.5. The fourth-order valence-corrected chi connectivity index (χ4v) is 4.53. The number of benzene rings is 1. The number of thiazole rings is 1. The van der Waals surface area contributed by atoms with Crippen molar-refractivity contribution in [3.63, 3.8) is 0 Å². The van der Waals surface area contributed by atoms with Crippen LogP contribution in [0.5, 0.6) is 0 Å². The number of pyridine rings is 1. The van der Waals surface area contributed by atoms with Gasteiger partial charge in [0.1, 0.15) is 10.7 Å². The van der Waals surface area contributed by atoms with Crippen molar-refractivity contribution >= 4 is 34.5 Å². The summed E-state index contributed by atoms with van der Waals surface area (Å²) in [5, 5.41) is 29.9. The van der Waals surface area contributed by atoms with Crippen LogP contribution in [0.25, 0.3) is 5.52 Å². The molecule has 1 saturated heterocycles. The number of alkyl halides is 6. The second-order valence-electron chi connectivity index (χ2n) is 8.72. The van der Waals surface area contributed by atoms with Crippen molar-refractivity contribution in [2.24, 2.45) is 0 Å². The molecule has 226 valence electrons. The summed E-state index contributed by atoms with van der Waals surface area (Å²) in [6, 6.07) is 14.9. The van der Waals surface area contributed by atoms with Gasteiger partial charge in [-0.05, 0) is 37.1 Å². The Labute approximate surface area is 238 Å². The maximum absolute atomic E-state index is 10.6. The van der Waals surface area contributed by atoms with Gasteiger partial charge in [0.2, 0.25) is 0 Å². The number of nitrogens with one attached hydrogen (secondary N) is 1. The largest absolute Gasteiger partial charge is 0.490 e. The molecule has 1 atom stereocenters. The van der Waals surface area contributed by atoms with Crippen molar-refractivity contribution in [2.45, 2.75) is 44.3 Å². The van der Waals surface area contributed by atoms with Gasteiger partial charge in [-0.25, -0.2) is 19.1 Å². The van der Waals surface area contributed by atoms with Crippen molar-refractivity contribution < 1.29 is 46.1 Å². The van der Waals surface area contributed by atoms with E-state index in [1.54, 1.807) is 11.3 Å². The highest BCUT2D eigenvalue weighted by Gasteiger charge is 2.39. The van der Waals surface area contributed by atoms with E-state index in [1.807, 2.05) is 28.4 Å². The van der Waals surface area contributed by atoms with E-state index in [0.717, 1.165) is 48.0 Å². The molecule has 4 aromatic rings. The Hall–Kier alpha value is -4.25. The molecule has 5 rings (SSSR count). The number of fused-ring (bicyclic) bond motifs is 1. The number of hydrogen-bond acceptors (Lipinski definition) is 8. The van der Waals surface area contributed by atoms with Gasteiger partial charge in [-0.1, -0.05) is 35.5 Å². The SMILES string of the molecule is O=C(O)C(F)(F)F.O=C(O)C(F)(F)F.c1ccc(CNc2ccc3c(C4CCCN4Cc4nccs4)nnn3c2)cc1. The predicted octanol–water partition coefficient (Wildman–Crippen LogP) is 5.40. The molecule has 1 aliphatic heterocycles. The second kappa shape index (κ2) is 14.1. The van der Waals surface area contributed by atoms with Crippen LogP contribution in [0.2, 0.25) is 0 Å². The minimum Gasteiger partial charge on any atom is -0.475 e. The lowest BCUT2D eigenvalue weighted by Crippen LogP contribution is -2.23. The molecule has 1 aromatic carbocycles. The molecule has 0 aliphatic carbocycles. The summed E-state index contributed by atoms with van der Waals surface area (Å²) >= 11 is 1.72. The molecule has 0 bridgehead atoms. The molecule has 1 fully saturated rings. The van der Waals surface area contributed by atoms with Crippen LogP contribution in [0.4, 0.5) is 32.0 Å². The van der Waals surface area contributed by atoms with Crippen molar-refractivity contribution in [1.82, 2.24) is 24.7 Å². The molecular formula is C25H24F6N6O4S. The maximum atomic E-state index is 10.6. The summed E-state index contributed by atoms with van der Waals surface area (Å²) in [5.41, 5.74) is 4.45. The zero-order valence-corrected chi connectivity index (χ0v) is 22.3. The maximum Gasteiger partial charge on any atom is 0.490 e. The fraction of sp³-hybridized carbons (Fsp3) is 0.320. The topological polar surface area (TPSA) is 133 Å². The Kier molecular flexibility index (Phi) is 10.8. The molecule has 0 radical (unpaired) electrons. The molecule has 0 saturated carbocycles. The first-order valence-corrected chi connectivity index (χ1v) is 13.0. The van der Waals surface area contributed by atoms with Gasteiger partial charge in [-0.15, -0.1) is 16.4 Å². The van der Waals surface area contributed by atoms with Crippen molar-refractivity contribution in [2.75, 3.05) is 11.9 Å². The third kappa shape index (κ3) is 9.41. The number of carboxylic acid groups (broad SMARTS) is 2. The third-order valence-corrected chi connectivity index (χ3v) is 6.53. The van der Waals surface area contributed by atoms with Crippen molar-refractivity contribution in [1.29, 1.82) is 0 Å². The Bertz CT molecular complexity index is 1420. The molecule has 4 heterocycles. The van der Waals surface area contributed by atoms with Gasteiger partial charge in [-0.3, -0.25) is 4.90 Å². The predicted molar refractivity (Wildman–Crippen MR) is 139 cm³/mol. The van der Waals surface area contributed by atoms with Crippen LogP contribution >= 0.6 is 11.3 Å². The van der Waals surface area contributed by atoms with Gasteiger partial charge in [0, 0.05) is 18.1 Å². The quantitative estimate of drug-likeness (QED) is 0.243. The monoisotopic (exact) mass is 618 g/mol. The molecule has 17 heteroatoms. The average Bonchev–Trinajstić information content (AvgIpc) is 3.69. The average molecular weight is 619 g/mol. The highest BCUT2D eigenvalue weighted by Crippen LogP contribution is 2.34. The Morgan fingerprint density at radius 1 is 1.00 bits per heavy atom. The molecule has 0 amide bonds. The van der Waals surface area contributed by atoms with Crippen LogP contribution < -0.4 is 5.32 Å². The Morgan fingerprint density at radius 3 is 2.21 bits per heavy atom. The van der Waals surface area contributed by atoms with Gasteiger partial charge in [0.15, 0.2) is 0 Å². The number of aromatic nitrogens is 4. The summed E-state index contributed by atoms with van der Waals surface area (Å²) in [7, 11) is 0. The summed E-state index contributed by atoms with van der Waals surface area (Å²) in [4.78, 5) is 24.7. The number of likely N-dealkylation sites (tertiary alicyclic amines) is 1. The van der Waals surface area contributed by atoms with Crippen LogP contribution in [0.3, 0.4) is 0 Å². The van der Waals surface area contributed by atoms with Gasteiger partial charge in [0.05, 0.1) is 30.0 Å². The van der Waals surface area contributed by atoms with Gasteiger partial charge >= 0.3 is 24.3 Å². The normalized spacial score (nSPS) is 15.3. The van der Waals surface area contributed by atoms with Gasteiger partial charge in [-0.2, -0.15) is 26.3 Å². The van der Waals surface area contributed by atoms with E-state index in [4.69, 9.17) is 19.8 Å². The summed E-state index contributed by atoms with van der Waals surface area (Å²) in [6.45, 7) is 2.76. The van der Waals surface area contributed by atoms with E-state index >= 15 is 0 Å². The highest BCUT2D eigenvalue weighted by molar-refractivity contribution is 7.09. The lowest BCUT2D eigenvalue weighted by atomic mass is 10.1. The molecule has 10 nitrogen and oxygen atoms in total. The third-order valence-electron chi connectivity index (χ3n) is 5.77. The lowest BCUT2D eigenvalue weighted by Gasteiger charge is -2.21. The molecule has 0 spiro atoms. The molecule has 1 unspecified atom stereocenters. The molecule has 42 heavy (non-hydrogen) atoms. The van der Waals surface area contributed by atoms with Gasteiger partial charge < -0.3 is 15.5 Å². The Balaban J connectivity index is 0.000000289. The van der Waals surface area contributed by atoms with E-state index in [2.05, 4.69) is 61.9 Å². The molecule has 3 aromatic heterocycles. The fourth-order valence-electron chi connectivity index (χ4n) is 3.89. The summed E-state index contributed by atoms with van der Waals surface area (Å²) in [6.07, 6.45) is -3.96. The molecule has 1 aliphatic rings. The summed E-state index contributed by atoms with van der Waals surface area (Å²) < 4.78 is 65.4. The highest BCUT2D eigenvalue weighted by atomic mass is 32.1. The van der Waals surface area contributed by atoms with Crippen molar-refractivity contribution in [3.8, 4) is 0 Å². The van der Waals surface area contributed by atoms with E-state index in [-0.39, 0.29) is 0 Å². The summed E-state index contributed by atoms with van der Waals surface area (Å²) in [5.74, 6) is -5.51. The molecular weight excluding hydrogens is 594 g/mol. The number of halogens is 6. The number of carbonyl (C=O) groups is 2. The Morgan fingerprint density at radius 2 is 1.64 bits per heavy atom. The second-order valence-corrected chi connectivity index (χ2v) is 9.70. The number of carboxylic acids is 2. The number of aliphatic carboxylic acids is 2. The number of rotatable bonds is 6. The zero-order chi connectivity index (χ0) is 30.9. The number of hydrogen-bond donors (Lipinski definition) is 3. The van der Waals surface area contributed by atoms with Crippen LogP contribution in [-0.2, 0) is 22.7 Å². The van der Waals surface area contributed by atoms with E-state index in [0.29, 0.717) is 6.04 Å². The minimum atomic E-state index is -5.08. The van der Waals surface area contributed by atoms with E-state index in [1.165, 1.54) is 12.0 Å². The first-order chi connectivity index (χ1) is 19.8. The molecule has 3 N–H and O–H groups in total. The van der Waals surface area contributed by atoms with Crippen LogP contribution in [0.1, 0.15) is 35.1 Å². The first kappa shape index (κ1) is 32.3. The van der Waals surface area contributed by atoms with Crippen LogP contribution in [0, 0.1) is 0 Å². The smallest absolute Gasteiger partial charge is 0.475 e. The van der Waals surface area contributed by atoms with E-state index < -0.39 is 24.3 Å². The number of nitrogens with zero attached hydrogens (tertiary/aromatic N) is 5. The standard InChI is InChI=1S/C21H22N6S.2C2HF3O2/c1-2-5-16(6-3-1)13-23-17-8-9-19-21(24-25-27(19)14-17)18-7-4-11-26(18)15-20-22-10-12-28-20;2*3-2(4,5)1(6)7/h1-3,5-6,8-10,12,14,18,23H,4,7,11,13,15H2;2*(H,6,7). The van der Waals surface area contributed by atoms with Gasteiger partial charge in [0.25, 0.3) is 0 Å². The number of anilines is 1. The minimum absolute atomic E-state index is 0.310. The lowest BCUT2D eigenvalue weighted by molar-refractivity contribution is -0.193. The first-order valence-electron chi connectivity index (χ1n) is 12.1. The van der Waals surface area contributed by atoms with Crippen LogP contribution in [-0.4, -0.2) is 65.8 Å². The van der Waals surface area contributed by atoms with E-state index in [9.17, 15) is 26.3 Å².